The molecule has 3 heteroatoms. The lowest BCUT2D eigenvalue weighted by Crippen LogP contribution is -2.46. The quantitative estimate of drug-likeness (QED) is 0.722. The van der Waals surface area contributed by atoms with E-state index >= 15 is 0 Å². The molecule has 0 aromatic heterocycles. The van der Waals surface area contributed by atoms with Crippen LogP contribution in [0.4, 0.5) is 0 Å². The summed E-state index contributed by atoms with van der Waals surface area (Å²) in [6, 6.07) is 1.31. The molecule has 0 saturated carbocycles. The standard InChI is InChI=1S/C12H26N2O/c1-5-11-8-13-9-12(11)14(10(2)3)6-7-15-4/h10-13H,5-9H2,1-4H3. The molecule has 1 N–H and O–H groups in total. The second-order valence-electron chi connectivity index (χ2n) is 4.72. The van der Waals surface area contributed by atoms with Crippen LogP contribution in [0.25, 0.3) is 0 Å². The van der Waals surface area contributed by atoms with Crippen molar-refractivity contribution in [3.63, 3.8) is 0 Å². The molecule has 0 amide bonds. The summed E-state index contributed by atoms with van der Waals surface area (Å²) in [6.45, 7) is 11.1. The Balaban J connectivity index is 2.53. The third kappa shape index (κ3) is 3.44. The van der Waals surface area contributed by atoms with Gasteiger partial charge >= 0.3 is 0 Å². The summed E-state index contributed by atoms with van der Waals surface area (Å²) in [4.78, 5) is 2.58. The predicted octanol–water partition coefficient (Wildman–Crippen LogP) is 1.34. The van der Waals surface area contributed by atoms with Crippen molar-refractivity contribution < 1.29 is 4.74 Å². The van der Waals surface area contributed by atoms with Gasteiger partial charge in [0.25, 0.3) is 0 Å². The molecule has 1 aliphatic heterocycles. The van der Waals surface area contributed by atoms with E-state index in [9.17, 15) is 0 Å². The molecule has 15 heavy (non-hydrogen) atoms. The smallest absolute Gasteiger partial charge is 0.0589 e. The Hall–Kier alpha value is -0.120. The van der Waals surface area contributed by atoms with E-state index < -0.39 is 0 Å². The molecule has 1 rings (SSSR count). The third-order valence-electron chi connectivity index (χ3n) is 3.47. The summed E-state index contributed by atoms with van der Waals surface area (Å²) in [6.07, 6.45) is 1.27. The topological polar surface area (TPSA) is 24.5 Å². The lowest BCUT2D eigenvalue weighted by molar-refractivity contribution is 0.0845. The van der Waals surface area contributed by atoms with Crippen LogP contribution in [-0.4, -0.2) is 50.3 Å². The SMILES string of the molecule is CCC1CNCC1N(CCOC)C(C)C. The van der Waals surface area contributed by atoms with Crippen molar-refractivity contribution in [2.75, 3.05) is 33.4 Å². The Kier molecular flexibility index (Phi) is 5.58. The number of methoxy groups -OCH3 is 1. The molecule has 0 bridgehead atoms. The van der Waals surface area contributed by atoms with Crippen molar-refractivity contribution in [2.45, 2.75) is 39.3 Å². The number of nitrogens with one attached hydrogen (secondary N) is 1. The molecular formula is C12H26N2O. The zero-order valence-electron chi connectivity index (χ0n) is 10.6. The maximum absolute atomic E-state index is 5.19. The highest BCUT2D eigenvalue weighted by Crippen LogP contribution is 2.20. The first kappa shape index (κ1) is 12.9. The molecule has 90 valence electrons. The molecule has 0 aliphatic carbocycles. The van der Waals surface area contributed by atoms with Gasteiger partial charge in [0.05, 0.1) is 6.61 Å². The van der Waals surface area contributed by atoms with Gasteiger partial charge in [-0.25, -0.2) is 0 Å². The summed E-state index contributed by atoms with van der Waals surface area (Å²) in [5.74, 6) is 0.809. The average molecular weight is 214 g/mol. The summed E-state index contributed by atoms with van der Waals surface area (Å²) in [5.41, 5.74) is 0. The monoisotopic (exact) mass is 214 g/mol. The van der Waals surface area contributed by atoms with Crippen molar-refractivity contribution in [1.29, 1.82) is 0 Å². The van der Waals surface area contributed by atoms with Crippen molar-refractivity contribution in [2.24, 2.45) is 5.92 Å². The molecule has 2 atom stereocenters. The van der Waals surface area contributed by atoms with E-state index in [0.717, 1.165) is 25.6 Å². The minimum absolute atomic E-state index is 0.610. The van der Waals surface area contributed by atoms with Gasteiger partial charge < -0.3 is 10.1 Å². The van der Waals surface area contributed by atoms with E-state index in [2.05, 4.69) is 31.0 Å². The van der Waals surface area contributed by atoms with Crippen molar-refractivity contribution >= 4 is 0 Å². The molecule has 2 unspecified atom stereocenters. The summed E-state index contributed by atoms with van der Waals surface area (Å²) in [7, 11) is 1.78. The third-order valence-corrected chi connectivity index (χ3v) is 3.47. The minimum Gasteiger partial charge on any atom is -0.383 e. The lowest BCUT2D eigenvalue weighted by Gasteiger charge is -2.35. The summed E-state index contributed by atoms with van der Waals surface area (Å²) >= 11 is 0. The maximum Gasteiger partial charge on any atom is 0.0589 e. The molecule has 1 heterocycles. The second-order valence-corrected chi connectivity index (χ2v) is 4.72. The molecule has 1 fully saturated rings. The Bertz CT molecular complexity index is 173. The first-order valence-electron chi connectivity index (χ1n) is 6.16. The van der Waals surface area contributed by atoms with E-state index in [4.69, 9.17) is 4.74 Å². The van der Waals surface area contributed by atoms with Crippen LogP contribution in [0.3, 0.4) is 0 Å². The second kappa shape index (κ2) is 6.46. The van der Waals surface area contributed by atoms with E-state index in [-0.39, 0.29) is 0 Å². The van der Waals surface area contributed by atoms with Gasteiger partial charge in [-0.1, -0.05) is 13.3 Å². The molecule has 3 nitrogen and oxygen atoms in total. The van der Waals surface area contributed by atoms with Crippen LogP contribution < -0.4 is 5.32 Å². The van der Waals surface area contributed by atoms with Crippen LogP contribution in [-0.2, 0) is 4.74 Å². The van der Waals surface area contributed by atoms with Crippen molar-refractivity contribution in [3.8, 4) is 0 Å². The van der Waals surface area contributed by atoms with Gasteiger partial charge in [0.15, 0.2) is 0 Å². The zero-order chi connectivity index (χ0) is 11.3. The highest BCUT2D eigenvalue weighted by atomic mass is 16.5. The normalized spacial score (nSPS) is 26.8. The van der Waals surface area contributed by atoms with Gasteiger partial charge in [0.1, 0.15) is 0 Å². The van der Waals surface area contributed by atoms with Gasteiger partial charge in [-0.2, -0.15) is 0 Å². The van der Waals surface area contributed by atoms with E-state index in [1.807, 2.05) is 0 Å². The molecule has 1 aliphatic rings. The average Bonchev–Trinajstić information content (AvgIpc) is 2.66. The van der Waals surface area contributed by atoms with Crippen LogP contribution in [0.15, 0.2) is 0 Å². The van der Waals surface area contributed by atoms with Gasteiger partial charge in [-0.05, 0) is 26.3 Å². The first-order chi connectivity index (χ1) is 7.20. The van der Waals surface area contributed by atoms with E-state index in [0.29, 0.717) is 12.1 Å². The Morgan fingerprint density at radius 3 is 2.67 bits per heavy atom. The number of hydrogen-bond acceptors (Lipinski definition) is 3. The molecule has 0 aromatic carbocycles. The fourth-order valence-electron chi connectivity index (χ4n) is 2.53. The predicted molar refractivity (Wildman–Crippen MR) is 64.2 cm³/mol. The largest absolute Gasteiger partial charge is 0.383 e. The van der Waals surface area contributed by atoms with Crippen molar-refractivity contribution in [3.05, 3.63) is 0 Å². The van der Waals surface area contributed by atoms with Gasteiger partial charge in [-0.3, -0.25) is 4.90 Å². The summed E-state index contributed by atoms with van der Waals surface area (Å²) < 4.78 is 5.19. The van der Waals surface area contributed by atoms with Crippen LogP contribution in [0.5, 0.6) is 0 Å². The highest BCUT2D eigenvalue weighted by molar-refractivity contribution is 4.89. The fraction of sp³-hybridized carbons (Fsp3) is 1.00. The number of rotatable bonds is 6. The minimum atomic E-state index is 0.610. The molecule has 0 spiro atoms. The molecular weight excluding hydrogens is 188 g/mol. The molecule has 1 saturated heterocycles. The van der Waals surface area contributed by atoms with Crippen LogP contribution in [0.2, 0.25) is 0 Å². The van der Waals surface area contributed by atoms with Crippen LogP contribution in [0.1, 0.15) is 27.2 Å². The summed E-state index contributed by atoms with van der Waals surface area (Å²) in [5, 5.41) is 3.50. The number of hydrogen-bond donors (Lipinski definition) is 1. The van der Waals surface area contributed by atoms with Crippen LogP contribution in [0, 0.1) is 5.92 Å². The number of ether oxygens (including phenoxy) is 1. The van der Waals surface area contributed by atoms with Gasteiger partial charge in [0, 0.05) is 32.3 Å². The molecule has 0 radical (unpaired) electrons. The van der Waals surface area contributed by atoms with Crippen molar-refractivity contribution in [1.82, 2.24) is 10.2 Å². The van der Waals surface area contributed by atoms with E-state index in [1.54, 1.807) is 7.11 Å². The Labute approximate surface area is 94.2 Å². The fourth-order valence-corrected chi connectivity index (χ4v) is 2.53. The van der Waals surface area contributed by atoms with Gasteiger partial charge in [0.2, 0.25) is 0 Å². The van der Waals surface area contributed by atoms with Crippen LogP contribution >= 0.6 is 0 Å². The highest BCUT2D eigenvalue weighted by Gasteiger charge is 2.31. The van der Waals surface area contributed by atoms with E-state index in [1.165, 1.54) is 13.0 Å². The first-order valence-corrected chi connectivity index (χ1v) is 6.16. The maximum atomic E-state index is 5.19. The molecule has 0 aromatic rings. The Morgan fingerprint density at radius 1 is 1.40 bits per heavy atom. The number of nitrogens with zero attached hydrogens (tertiary/aromatic N) is 1. The zero-order valence-corrected chi connectivity index (χ0v) is 10.6. The van der Waals surface area contributed by atoms with Gasteiger partial charge in [-0.15, -0.1) is 0 Å². The Morgan fingerprint density at radius 2 is 2.13 bits per heavy atom. The lowest BCUT2D eigenvalue weighted by atomic mass is 9.98.